The third kappa shape index (κ3) is 5.73. The first-order chi connectivity index (χ1) is 11.6. The molecule has 0 atom stereocenters. The lowest BCUT2D eigenvalue weighted by Crippen LogP contribution is -2.24. The molecule has 0 aliphatic carbocycles. The van der Waals surface area contributed by atoms with Crippen molar-refractivity contribution in [2.45, 2.75) is 32.8 Å². The van der Waals surface area contributed by atoms with E-state index in [9.17, 15) is 19.7 Å². The van der Waals surface area contributed by atoms with Crippen molar-refractivity contribution in [3.05, 3.63) is 45.0 Å². The van der Waals surface area contributed by atoms with Crippen LogP contribution in [0.1, 0.15) is 43.1 Å². The molecule has 1 aromatic carbocycles. The minimum atomic E-state index is -0.772. The van der Waals surface area contributed by atoms with Gasteiger partial charge in [0.2, 0.25) is 0 Å². The van der Waals surface area contributed by atoms with E-state index in [2.05, 4.69) is 4.74 Å². The number of benzene rings is 1. The van der Waals surface area contributed by atoms with Gasteiger partial charge in [-0.2, -0.15) is 5.26 Å². The predicted octanol–water partition coefficient (Wildman–Crippen LogP) is 3.02. The van der Waals surface area contributed by atoms with E-state index >= 15 is 0 Å². The van der Waals surface area contributed by atoms with Crippen LogP contribution in [0.4, 0.5) is 5.69 Å². The number of rotatable bonds is 5. The molecule has 1 rings (SSSR count). The van der Waals surface area contributed by atoms with Gasteiger partial charge in [0.1, 0.15) is 5.60 Å². The van der Waals surface area contributed by atoms with E-state index in [1.807, 2.05) is 6.07 Å². The molecule has 0 heterocycles. The molecule has 0 saturated carbocycles. The van der Waals surface area contributed by atoms with Gasteiger partial charge in [-0.05, 0) is 39.0 Å². The molecule has 8 nitrogen and oxygen atoms in total. The Bertz CT molecular complexity index is 768. The minimum absolute atomic E-state index is 0.00505. The smallest absolute Gasteiger partial charge is 0.338 e. The van der Waals surface area contributed by atoms with Gasteiger partial charge in [0.05, 0.1) is 41.2 Å². The molecule has 0 aliphatic rings. The highest BCUT2D eigenvalue weighted by molar-refractivity contribution is 5.96. The van der Waals surface area contributed by atoms with Crippen molar-refractivity contribution in [1.29, 1.82) is 5.26 Å². The summed E-state index contributed by atoms with van der Waals surface area (Å²) < 4.78 is 9.73. The second-order valence-electron chi connectivity index (χ2n) is 6.03. The summed E-state index contributed by atoms with van der Waals surface area (Å²) in [4.78, 5) is 34.3. The van der Waals surface area contributed by atoms with Gasteiger partial charge in [-0.15, -0.1) is 0 Å². The van der Waals surface area contributed by atoms with E-state index in [0.29, 0.717) is 0 Å². The van der Waals surface area contributed by atoms with Crippen molar-refractivity contribution >= 4 is 23.7 Å². The second kappa shape index (κ2) is 8.06. The summed E-state index contributed by atoms with van der Waals surface area (Å²) in [5, 5.41) is 20.2. The Morgan fingerprint density at radius 1 is 1.36 bits per heavy atom. The molecule has 0 N–H and O–H groups in total. The van der Waals surface area contributed by atoms with Gasteiger partial charge in [0.15, 0.2) is 0 Å². The van der Waals surface area contributed by atoms with Gasteiger partial charge in [-0.1, -0.05) is 0 Å². The predicted molar refractivity (Wildman–Crippen MR) is 88.5 cm³/mol. The molecule has 0 bridgehead atoms. The van der Waals surface area contributed by atoms with Crippen LogP contribution in [-0.4, -0.2) is 29.6 Å². The molecular weight excluding hydrogens is 328 g/mol. The van der Waals surface area contributed by atoms with E-state index in [1.165, 1.54) is 18.2 Å². The largest absolute Gasteiger partial charge is 0.465 e. The van der Waals surface area contributed by atoms with Gasteiger partial charge >= 0.3 is 11.9 Å². The van der Waals surface area contributed by atoms with Crippen LogP contribution in [0.25, 0.3) is 6.08 Å². The Balaban J connectivity index is 3.37. The summed E-state index contributed by atoms with van der Waals surface area (Å²) in [5.74, 6) is -1.46. The van der Waals surface area contributed by atoms with E-state index in [4.69, 9.17) is 10.00 Å². The average molecular weight is 346 g/mol. The number of ether oxygens (including phenoxy) is 2. The lowest BCUT2D eigenvalue weighted by Gasteiger charge is -2.20. The Morgan fingerprint density at radius 3 is 2.48 bits per heavy atom. The molecule has 8 heteroatoms. The molecule has 1 aromatic rings. The maximum Gasteiger partial charge on any atom is 0.338 e. The summed E-state index contributed by atoms with van der Waals surface area (Å²) in [7, 11) is 1.16. The topological polar surface area (TPSA) is 120 Å². The Hall–Kier alpha value is -3.21. The molecule has 0 radical (unpaired) electrons. The van der Waals surface area contributed by atoms with Crippen molar-refractivity contribution in [2.24, 2.45) is 0 Å². The van der Waals surface area contributed by atoms with E-state index in [-0.39, 0.29) is 28.8 Å². The highest BCUT2D eigenvalue weighted by Crippen LogP contribution is 2.25. The number of methoxy groups -OCH3 is 1. The van der Waals surface area contributed by atoms with Crippen molar-refractivity contribution in [2.75, 3.05) is 7.11 Å². The maximum absolute atomic E-state index is 12.2. The van der Waals surface area contributed by atoms with Gasteiger partial charge in [0.25, 0.3) is 5.69 Å². The number of nitrogens with zero attached hydrogens (tertiary/aromatic N) is 2. The van der Waals surface area contributed by atoms with Crippen LogP contribution in [0.2, 0.25) is 0 Å². The number of nitro groups is 1. The highest BCUT2D eigenvalue weighted by Gasteiger charge is 2.22. The fourth-order valence-corrected chi connectivity index (χ4v) is 1.87. The number of esters is 2. The Kier molecular flexibility index (Phi) is 6.39. The molecule has 0 aliphatic heterocycles. The molecule has 0 unspecified atom stereocenters. The molecule has 0 fully saturated rings. The number of hydrogen-bond acceptors (Lipinski definition) is 7. The van der Waals surface area contributed by atoms with Crippen LogP contribution in [-0.2, 0) is 14.3 Å². The zero-order chi connectivity index (χ0) is 19.2. The maximum atomic E-state index is 12.2. The molecule has 0 spiro atoms. The van der Waals surface area contributed by atoms with Crippen molar-refractivity contribution in [3.8, 4) is 6.07 Å². The zero-order valence-corrected chi connectivity index (χ0v) is 14.4. The SMILES string of the molecule is COC(=O)c1ccc(/C=C(\CC#N)C(=O)OC(C)(C)C)c([N+](=O)[O-])c1. The van der Waals surface area contributed by atoms with Crippen LogP contribution >= 0.6 is 0 Å². The fourth-order valence-electron chi connectivity index (χ4n) is 1.87. The first kappa shape index (κ1) is 19.8. The van der Waals surface area contributed by atoms with Gasteiger partial charge in [0, 0.05) is 6.07 Å². The minimum Gasteiger partial charge on any atom is -0.465 e. The summed E-state index contributed by atoms with van der Waals surface area (Å²) in [6, 6.07) is 5.53. The Morgan fingerprint density at radius 2 is 2.00 bits per heavy atom. The van der Waals surface area contributed by atoms with Crippen LogP contribution in [0.3, 0.4) is 0 Å². The third-order valence-corrected chi connectivity index (χ3v) is 2.91. The zero-order valence-electron chi connectivity index (χ0n) is 14.4. The summed E-state index contributed by atoms with van der Waals surface area (Å²) in [6.07, 6.45) is 0.946. The normalized spacial score (nSPS) is 11.4. The quantitative estimate of drug-likeness (QED) is 0.348. The van der Waals surface area contributed by atoms with E-state index in [0.717, 1.165) is 13.2 Å². The van der Waals surface area contributed by atoms with Gasteiger partial charge in [-0.3, -0.25) is 10.1 Å². The van der Waals surface area contributed by atoms with Crippen LogP contribution in [0.5, 0.6) is 0 Å². The molecule has 0 amide bonds. The van der Waals surface area contributed by atoms with Crippen molar-refractivity contribution < 1.29 is 24.0 Å². The third-order valence-electron chi connectivity index (χ3n) is 2.91. The standard InChI is InChI=1S/C17H18N2O6/c1-17(2,3)25-16(21)13(7-8-18)9-11-5-6-12(15(20)24-4)10-14(11)19(22)23/h5-6,9-10H,7H2,1-4H3/b13-9+. The van der Waals surface area contributed by atoms with Crippen LogP contribution < -0.4 is 0 Å². The summed E-state index contributed by atoms with van der Waals surface area (Å²) in [5.41, 5.74) is -1.10. The lowest BCUT2D eigenvalue weighted by molar-refractivity contribution is -0.385. The molecule has 132 valence electrons. The monoisotopic (exact) mass is 346 g/mol. The number of nitro benzene ring substituents is 1. The molecule has 0 aromatic heterocycles. The second-order valence-corrected chi connectivity index (χ2v) is 6.03. The van der Waals surface area contributed by atoms with Crippen LogP contribution in [0.15, 0.2) is 23.8 Å². The van der Waals surface area contributed by atoms with E-state index < -0.39 is 22.5 Å². The molecule has 0 saturated heterocycles. The van der Waals surface area contributed by atoms with E-state index in [1.54, 1.807) is 20.8 Å². The number of carbonyl (C=O) groups excluding carboxylic acids is 2. The van der Waals surface area contributed by atoms with Gasteiger partial charge < -0.3 is 9.47 Å². The first-order valence-electron chi connectivity index (χ1n) is 7.26. The number of carbonyl (C=O) groups is 2. The van der Waals surface area contributed by atoms with Crippen molar-refractivity contribution in [1.82, 2.24) is 0 Å². The molecular formula is C17H18N2O6. The number of nitriles is 1. The number of hydrogen-bond donors (Lipinski definition) is 0. The fraction of sp³-hybridized carbons (Fsp3) is 0.353. The van der Waals surface area contributed by atoms with Crippen LogP contribution in [0, 0.1) is 21.4 Å². The Labute approximate surface area is 144 Å². The summed E-state index contributed by atoms with van der Waals surface area (Å²) in [6.45, 7) is 5.01. The highest BCUT2D eigenvalue weighted by atomic mass is 16.6. The average Bonchev–Trinajstić information content (AvgIpc) is 2.52. The molecule has 25 heavy (non-hydrogen) atoms. The first-order valence-corrected chi connectivity index (χ1v) is 7.26. The summed E-state index contributed by atoms with van der Waals surface area (Å²) >= 11 is 0. The van der Waals surface area contributed by atoms with Crippen molar-refractivity contribution in [3.63, 3.8) is 0 Å². The van der Waals surface area contributed by atoms with Gasteiger partial charge in [-0.25, -0.2) is 9.59 Å². The lowest BCUT2D eigenvalue weighted by atomic mass is 10.0.